The third-order valence-electron chi connectivity index (χ3n) is 2.42. The minimum absolute atomic E-state index is 0.0232. The van der Waals surface area contributed by atoms with Crippen LogP contribution >= 0.6 is 0 Å². The van der Waals surface area contributed by atoms with Gasteiger partial charge in [0.2, 0.25) is 5.91 Å². The predicted molar refractivity (Wildman–Crippen MR) is 66.1 cm³/mol. The average Bonchev–Trinajstić information content (AvgIpc) is 2.37. The van der Waals surface area contributed by atoms with Crippen LogP contribution in [0.25, 0.3) is 0 Å². The number of benzene rings is 1. The SMILES string of the molecule is CCC(=O)Oc1ccccc1N(C)C(=O)CC. The number of ether oxygens (including phenoxy) is 1. The van der Waals surface area contributed by atoms with Crippen molar-refractivity contribution in [2.24, 2.45) is 0 Å². The molecule has 1 rings (SSSR count). The van der Waals surface area contributed by atoms with E-state index in [0.717, 1.165) is 0 Å². The van der Waals surface area contributed by atoms with Gasteiger partial charge in [-0.05, 0) is 12.1 Å². The maximum absolute atomic E-state index is 11.6. The van der Waals surface area contributed by atoms with Crippen LogP contribution in [0.5, 0.6) is 5.75 Å². The molecule has 0 spiro atoms. The van der Waals surface area contributed by atoms with Gasteiger partial charge in [0.15, 0.2) is 5.75 Å². The van der Waals surface area contributed by atoms with Gasteiger partial charge in [-0.1, -0.05) is 26.0 Å². The molecule has 0 radical (unpaired) electrons. The second-order valence-electron chi connectivity index (χ2n) is 3.60. The lowest BCUT2D eigenvalue weighted by Gasteiger charge is -2.19. The zero-order chi connectivity index (χ0) is 12.8. The fourth-order valence-corrected chi connectivity index (χ4v) is 1.39. The van der Waals surface area contributed by atoms with Gasteiger partial charge >= 0.3 is 5.97 Å². The topological polar surface area (TPSA) is 46.6 Å². The van der Waals surface area contributed by atoms with Crippen LogP contribution in [-0.2, 0) is 9.59 Å². The van der Waals surface area contributed by atoms with Crippen LogP contribution in [0.15, 0.2) is 24.3 Å². The molecule has 0 unspecified atom stereocenters. The Morgan fingerprint density at radius 3 is 2.41 bits per heavy atom. The first-order valence-corrected chi connectivity index (χ1v) is 5.66. The van der Waals surface area contributed by atoms with Crippen molar-refractivity contribution < 1.29 is 14.3 Å². The molecule has 0 aliphatic carbocycles. The van der Waals surface area contributed by atoms with Gasteiger partial charge in [0, 0.05) is 19.9 Å². The number of para-hydroxylation sites is 2. The van der Waals surface area contributed by atoms with E-state index in [1.807, 2.05) is 0 Å². The first-order chi connectivity index (χ1) is 8.10. The number of hydrogen-bond acceptors (Lipinski definition) is 3. The molecule has 0 aromatic heterocycles. The van der Waals surface area contributed by atoms with E-state index in [4.69, 9.17) is 4.74 Å². The van der Waals surface area contributed by atoms with Crippen molar-refractivity contribution in [1.82, 2.24) is 0 Å². The van der Waals surface area contributed by atoms with Crippen LogP contribution in [0.4, 0.5) is 5.69 Å². The number of esters is 1. The third kappa shape index (κ3) is 3.31. The van der Waals surface area contributed by atoms with Gasteiger partial charge in [0.25, 0.3) is 0 Å². The molecule has 1 aromatic rings. The Balaban J connectivity index is 2.99. The Hall–Kier alpha value is -1.84. The monoisotopic (exact) mass is 235 g/mol. The molecule has 0 saturated carbocycles. The van der Waals surface area contributed by atoms with Crippen molar-refractivity contribution in [2.75, 3.05) is 11.9 Å². The van der Waals surface area contributed by atoms with Crippen molar-refractivity contribution in [3.63, 3.8) is 0 Å². The van der Waals surface area contributed by atoms with E-state index in [-0.39, 0.29) is 11.9 Å². The molecule has 0 atom stereocenters. The molecule has 1 aromatic carbocycles. The largest absolute Gasteiger partial charge is 0.424 e. The van der Waals surface area contributed by atoms with Gasteiger partial charge in [-0.15, -0.1) is 0 Å². The lowest BCUT2D eigenvalue weighted by atomic mass is 10.2. The zero-order valence-electron chi connectivity index (χ0n) is 10.4. The van der Waals surface area contributed by atoms with Gasteiger partial charge in [0.1, 0.15) is 0 Å². The molecular weight excluding hydrogens is 218 g/mol. The number of carbonyl (C=O) groups is 2. The minimum atomic E-state index is -0.310. The second kappa shape index (κ2) is 6.03. The Bertz CT molecular complexity index is 415. The van der Waals surface area contributed by atoms with Crippen LogP contribution < -0.4 is 9.64 Å². The highest BCUT2D eigenvalue weighted by Crippen LogP contribution is 2.27. The van der Waals surface area contributed by atoms with E-state index in [1.54, 1.807) is 45.2 Å². The smallest absolute Gasteiger partial charge is 0.310 e. The fourth-order valence-electron chi connectivity index (χ4n) is 1.39. The summed E-state index contributed by atoms with van der Waals surface area (Å²) in [5, 5.41) is 0. The van der Waals surface area contributed by atoms with Gasteiger partial charge < -0.3 is 9.64 Å². The Morgan fingerprint density at radius 2 is 1.82 bits per heavy atom. The maximum Gasteiger partial charge on any atom is 0.310 e. The Morgan fingerprint density at radius 1 is 1.18 bits per heavy atom. The minimum Gasteiger partial charge on any atom is -0.424 e. The molecular formula is C13H17NO3. The third-order valence-corrected chi connectivity index (χ3v) is 2.42. The van der Waals surface area contributed by atoms with Gasteiger partial charge in [0.05, 0.1) is 5.69 Å². The summed E-state index contributed by atoms with van der Waals surface area (Å²) in [5.41, 5.74) is 0.612. The van der Waals surface area contributed by atoms with Crippen LogP contribution in [0, 0.1) is 0 Å². The van der Waals surface area contributed by atoms with Crippen molar-refractivity contribution >= 4 is 17.6 Å². The lowest BCUT2D eigenvalue weighted by Crippen LogP contribution is -2.26. The van der Waals surface area contributed by atoms with Gasteiger partial charge in [-0.3, -0.25) is 9.59 Å². The highest BCUT2D eigenvalue weighted by Gasteiger charge is 2.14. The normalized spacial score (nSPS) is 9.82. The molecule has 0 saturated heterocycles. The summed E-state index contributed by atoms with van der Waals surface area (Å²) in [6.07, 6.45) is 0.715. The van der Waals surface area contributed by atoms with E-state index in [9.17, 15) is 9.59 Å². The van der Waals surface area contributed by atoms with Crippen LogP contribution in [0.2, 0.25) is 0 Å². The first-order valence-electron chi connectivity index (χ1n) is 5.66. The van der Waals surface area contributed by atoms with Gasteiger partial charge in [-0.25, -0.2) is 0 Å². The molecule has 4 nitrogen and oxygen atoms in total. The summed E-state index contributed by atoms with van der Waals surface area (Å²) in [5.74, 6) is 0.0865. The Kier molecular flexibility index (Phi) is 4.69. The molecule has 0 aliphatic rings. The number of hydrogen-bond donors (Lipinski definition) is 0. The number of rotatable bonds is 4. The molecule has 1 amide bonds. The lowest BCUT2D eigenvalue weighted by molar-refractivity contribution is -0.134. The highest BCUT2D eigenvalue weighted by atomic mass is 16.5. The van der Waals surface area contributed by atoms with Crippen molar-refractivity contribution in [3.05, 3.63) is 24.3 Å². The first kappa shape index (κ1) is 13.2. The zero-order valence-corrected chi connectivity index (χ0v) is 10.4. The van der Waals surface area contributed by atoms with Crippen LogP contribution in [-0.4, -0.2) is 18.9 Å². The summed E-state index contributed by atoms with van der Waals surface area (Å²) in [6, 6.07) is 7.01. The van der Waals surface area contributed by atoms with Gasteiger partial charge in [-0.2, -0.15) is 0 Å². The van der Waals surface area contributed by atoms with Crippen LogP contribution in [0.1, 0.15) is 26.7 Å². The maximum atomic E-state index is 11.6. The van der Waals surface area contributed by atoms with Crippen molar-refractivity contribution in [2.45, 2.75) is 26.7 Å². The predicted octanol–water partition coefficient (Wildman–Crippen LogP) is 2.37. The molecule has 0 N–H and O–H groups in total. The summed E-state index contributed by atoms with van der Waals surface area (Å²) < 4.78 is 5.18. The molecule has 0 fully saturated rings. The summed E-state index contributed by atoms with van der Waals surface area (Å²) >= 11 is 0. The van der Waals surface area contributed by atoms with E-state index < -0.39 is 0 Å². The summed E-state index contributed by atoms with van der Waals surface area (Å²) in [7, 11) is 1.67. The van der Waals surface area contributed by atoms with Crippen LogP contribution in [0.3, 0.4) is 0 Å². The van der Waals surface area contributed by atoms with E-state index >= 15 is 0 Å². The molecule has 0 heterocycles. The van der Waals surface area contributed by atoms with Crippen molar-refractivity contribution in [3.8, 4) is 5.75 Å². The Labute approximate surface area is 101 Å². The second-order valence-corrected chi connectivity index (χ2v) is 3.60. The number of carbonyl (C=O) groups excluding carboxylic acids is 2. The number of anilines is 1. The fraction of sp³-hybridized carbons (Fsp3) is 0.385. The quantitative estimate of drug-likeness (QED) is 0.594. The highest BCUT2D eigenvalue weighted by molar-refractivity contribution is 5.94. The summed E-state index contributed by atoms with van der Waals surface area (Å²) in [6.45, 7) is 3.52. The average molecular weight is 235 g/mol. The molecule has 4 heteroatoms. The van der Waals surface area contributed by atoms with E-state index in [0.29, 0.717) is 24.3 Å². The number of nitrogens with zero attached hydrogens (tertiary/aromatic N) is 1. The van der Waals surface area contributed by atoms with E-state index in [1.165, 1.54) is 4.90 Å². The molecule has 0 bridgehead atoms. The molecule has 0 aliphatic heterocycles. The standard InChI is InChI=1S/C13H17NO3/c1-4-12(15)14(3)10-8-6-7-9-11(10)17-13(16)5-2/h6-9H,4-5H2,1-3H3. The van der Waals surface area contributed by atoms with E-state index in [2.05, 4.69) is 0 Å². The van der Waals surface area contributed by atoms with Crippen molar-refractivity contribution in [1.29, 1.82) is 0 Å². The molecule has 17 heavy (non-hydrogen) atoms. The molecule has 92 valence electrons. The number of amides is 1. The summed E-state index contributed by atoms with van der Waals surface area (Å²) in [4.78, 5) is 24.4.